The molecule has 5 heteroatoms. The Hall–Kier alpha value is -1.43. The SMILES string of the molecule is CCCCCCCCCCC[C@H]1CCN[C@@H](C(=O)N[C@H](CO)[C@@H](O)c2ccccc2)C1. The number of carbonyl (C=O) groups is 1. The van der Waals surface area contributed by atoms with Crippen molar-refractivity contribution >= 4 is 5.91 Å². The summed E-state index contributed by atoms with van der Waals surface area (Å²) in [6.07, 6.45) is 14.3. The summed E-state index contributed by atoms with van der Waals surface area (Å²) in [7, 11) is 0. The van der Waals surface area contributed by atoms with E-state index in [1.165, 1.54) is 64.2 Å². The number of aliphatic hydroxyl groups is 2. The topological polar surface area (TPSA) is 81.6 Å². The fraction of sp³-hybridized carbons (Fsp3) is 0.731. The third-order valence-electron chi connectivity index (χ3n) is 6.59. The molecule has 0 unspecified atom stereocenters. The maximum absolute atomic E-state index is 12.8. The Morgan fingerprint density at radius 3 is 2.35 bits per heavy atom. The van der Waals surface area contributed by atoms with Crippen LogP contribution in [0.2, 0.25) is 0 Å². The lowest BCUT2D eigenvalue weighted by Crippen LogP contribution is -2.53. The molecule has 1 heterocycles. The van der Waals surface area contributed by atoms with Gasteiger partial charge in [-0.2, -0.15) is 0 Å². The summed E-state index contributed by atoms with van der Waals surface area (Å²) in [5.74, 6) is 0.457. The van der Waals surface area contributed by atoms with Crippen LogP contribution in [0.1, 0.15) is 95.6 Å². The summed E-state index contributed by atoms with van der Waals surface area (Å²) in [6, 6.07) is 8.23. The molecule has 1 fully saturated rings. The van der Waals surface area contributed by atoms with Crippen LogP contribution in [-0.4, -0.2) is 41.4 Å². The Morgan fingerprint density at radius 2 is 1.71 bits per heavy atom. The second-order valence-corrected chi connectivity index (χ2v) is 9.17. The van der Waals surface area contributed by atoms with E-state index < -0.39 is 12.1 Å². The molecule has 1 aliphatic rings. The molecule has 0 spiro atoms. The monoisotopic (exact) mass is 432 g/mol. The van der Waals surface area contributed by atoms with Crippen molar-refractivity contribution in [2.24, 2.45) is 5.92 Å². The largest absolute Gasteiger partial charge is 0.394 e. The predicted octanol–water partition coefficient (Wildman–Crippen LogP) is 4.49. The molecule has 5 nitrogen and oxygen atoms in total. The number of benzene rings is 1. The van der Waals surface area contributed by atoms with Crippen LogP contribution in [0.15, 0.2) is 30.3 Å². The number of hydrogen-bond acceptors (Lipinski definition) is 4. The molecular formula is C26H44N2O3. The lowest BCUT2D eigenvalue weighted by molar-refractivity contribution is -0.126. The summed E-state index contributed by atoms with van der Waals surface area (Å²) in [4.78, 5) is 12.8. The van der Waals surface area contributed by atoms with Crippen LogP contribution in [0.25, 0.3) is 0 Å². The van der Waals surface area contributed by atoms with E-state index >= 15 is 0 Å². The smallest absolute Gasteiger partial charge is 0.237 e. The quantitative estimate of drug-likeness (QED) is 0.308. The fourth-order valence-electron chi connectivity index (χ4n) is 4.59. The van der Waals surface area contributed by atoms with E-state index in [1.54, 1.807) is 12.1 Å². The van der Waals surface area contributed by atoms with Gasteiger partial charge in [0.2, 0.25) is 5.91 Å². The van der Waals surface area contributed by atoms with Crippen molar-refractivity contribution in [3.8, 4) is 0 Å². The predicted molar refractivity (Wildman–Crippen MR) is 127 cm³/mol. The van der Waals surface area contributed by atoms with Crippen molar-refractivity contribution in [2.75, 3.05) is 13.2 Å². The van der Waals surface area contributed by atoms with Gasteiger partial charge in [0.1, 0.15) is 6.10 Å². The van der Waals surface area contributed by atoms with Crippen molar-refractivity contribution in [3.05, 3.63) is 35.9 Å². The highest BCUT2D eigenvalue weighted by atomic mass is 16.3. The maximum atomic E-state index is 12.8. The van der Waals surface area contributed by atoms with Crippen molar-refractivity contribution in [1.29, 1.82) is 0 Å². The van der Waals surface area contributed by atoms with Crippen LogP contribution in [0.3, 0.4) is 0 Å². The van der Waals surface area contributed by atoms with E-state index in [0.717, 1.165) is 19.4 Å². The molecule has 0 bridgehead atoms. The first-order chi connectivity index (χ1) is 15.2. The van der Waals surface area contributed by atoms with E-state index in [9.17, 15) is 15.0 Å². The molecule has 31 heavy (non-hydrogen) atoms. The Kier molecular flexibility index (Phi) is 12.8. The van der Waals surface area contributed by atoms with Gasteiger partial charge in [-0.15, -0.1) is 0 Å². The molecule has 176 valence electrons. The second kappa shape index (κ2) is 15.4. The number of piperidine rings is 1. The summed E-state index contributed by atoms with van der Waals surface area (Å²) in [6.45, 7) is 2.82. The first kappa shape index (κ1) is 25.8. The second-order valence-electron chi connectivity index (χ2n) is 9.17. The van der Waals surface area contributed by atoms with Crippen molar-refractivity contribution in [3.63, 3.8) is 0 Å². The minimum absolute atomic E-state index is 0.120. The number of aliphatic hydroxyl groups excluding tert-OH is 2. The average molecular weight is 433 g/mol. The molecular weight excluding hydrogens is 388 g/mol. The van der Waals surface area contributed by atoms with Crippen LogP contribution in [0.4, 0.5) is 0 Å². The van der Waals surface area contributed by atoms with E-state index in [0.29, 0.717) is 11.5 Å². The first-order valence-electron chi connectivity index (χ1n) is 12.5. The Bertz CT molecular complexity index is 596. The molecule has 4 atom stereocenters. The lowest BCUT2D eigenvalue weighted by Gasteiger charge is -2.31. The average Bonchev–Trinajstić information content (AvgIpc) is 2.81. The maximum Gasteiger partial charge on any atom is 0.237 e. The van der Waals surface area contributed by atoms with Crippen LogP contribution in [-0.2, 0) is 4.79 Å². The highest BCUT2D eigenvalue weighted by Gasteiger charge is 2.30. The number of nitrogens with one attached hydrogen (secondary N) is 2. The molecule has 1 saturated heterocycles. The van der Waals surface area contributed by atoms with Gasteiger partial charge in [0.15, 0.2) is 0 Å². The van der Waals surface area contributed by atoms with E-state index in [2.05, 4.69) is 17.6 Å². The molecule has 0 aliphatic carbocycles. The Balaban J connectivity index is 1.66. The zero-order chi connectivity index (χ0) is 22.3. The fourth-order valence-corrected chi connectivity index (χ4v) is 4.59. The third kappa shape index (κ3) is 9.71. The van der Waals surface area contributed by atoms with Gasteiger partial charge in [-0.1, -0.05) is 101 Å². The molecule has 1 aliphatic heterocycles. The zero-order valence-electron chi connectivity index (χ0n) is 19.4. The third-order valence-corrected chi connectivity index (χ3v) is 6.59. The van der Waals surface area contributed by atoms with Crippen LogP contribution in [0, 0.1) is 5.92 Å². The minimum atomic E-state index is -0.920. The zero-order valence-corrected chi connectivity index (χ0v) is 19.4. The van der Waals surface area contributed by atoms with Crippen LogP contribution < -0.4 is 10.6 Å². The summed E-state index contributed by atoms with van der Waals surface area (Å²) in [5, 5.41) is 26.4. The van der Waals surface area contributed by atoms with Crippen molar-refractivity contribution < 1.29 is 15.0 Å². The van der Waals surface area contributed by atoms with Crippen molar-refractivity contribution in [1.82, 2.24) is 10.6 Å². The standard InChI is InChI=1S/C26H44N2O3/c1-2-3-4-5-6-7-8-9-11-14-21-17-18-27-23(19-21)26(31)28-24(20-29)25(30)22-15-12-10-13-16-22/h10,12-13,15-16,21,23-25,27,29-30H,2-9,11,14,17-20H2,1H3,(H,28,31)/t21-,23+,24+,25-/m0/s1. The number of carbonyl (C=O) groups excluding carboxylic acids is 1. The van der Waals surface area contributed by atoms with E-state index in [-0.39, 0.29) is 18.6 Å². The molecule has 0 aromatic heterocycles. The molecule has 2 rings (SSSR count). The van der Waals surface area contributed by atoms with E-state index in [1.807, 2.05) is 18.2 Å². The van der Waals surface area contributed by atoms with Gasteiger partial charge in [0.25, 0.3) is 0 Å². The van der Waals surface area contributed by atoms with Gasteiger partial charge in [-0.05, 0) is 30.9 Å². The van der Waals surface area contributed by atoms with Crippen LogP contribution in [0.5, 0.6) is 0 Å². The van der Waals surface area contributed by atoms with Gasteiger partial charge in [0.05, 0.1) is 18.7 Å². The summed E-state index contributed by atoms with van der Waals surface area (Å²) < 4.78 is 0. The van der Waals surface area contributed by atoms with Crippen molar-refractivity contribution in [2.45, 2.75) is 102 Å². The molecule has 0 radical (unpaired) electrons. The Labute approximate surface area is 189 Å². The number of unbranched alkanes of at least 4 members (excludes halogenated alkanes) is 8. The van der Waals surface area contributed by atoms with Gasteiger partial charge in [-0.25, -0.2) is 0 Å². The highest BCUT2D eigenvalue weighted by Crippen LogP contribution is 2.24. The highest BCUT2D eigenvalue weighted by molar-refractivity contribution is 5.82. The normalized spacial score (nSPS) is 20.9. The van der Waals surface area contributed by atoms with Gasteiger partial charge >= 0.3 is 0 Å². The van der Waals surface area contributed by atoms with Crippen LogP contribution >= 0.6 is 0 Å². The van der Waals surface area contributed by atoms with Gasteiger partial charge in [0, 0.05) is 0 Å². The van der Waals surface area contributed by atoms with Gasteiger partial charge in [-0.3, -0.25) is 4.79 Å². The molecule has 1 aromatic carbocycles. The number of amides is 1. The number of hydrogen-bond donors (Lipinski definition) is 4. The molecule has 0 saturated carbocycles. The Morgan fingerprint density at radius 1 is 1.06 bits per heavy atom. The molecule has 1 amide bonds. The van der Waals surface area contributed by atoms with E-state index in [4.69, 9.17) is 0 Å². The van der Waals surface area contributed by atoms with Gasteiger partial charge < -0.3 is 20.8 Å². The molecule has 1 aromatic rings. The summed E-state index contributed by atoms with van der Waals surface area (Å²) in [5.41, 5.74) is 0.696. The summed E-state index contributed by atoms with van der Waals surface area (Å²) >= 11 is 0. The first-order valence-corrected chi connectivity index (χ1v) is 12.5. The molecule has 4 N–H and O–H groups in total. The lowest BCUT2D eigenvalue weighted by atomic mass is 9.87. The minimum Gasteiger partial charge on any atom is -0.394 e. The number of rotatable bonds is 15.